The van der Waals surface area contributed by atoms with Gasteiger partial charge in [-0.25, -0.2) is 0 Å². The summed E-state index contributed by atoms with van der Waals surface area (Å²) >= 11 is 0. The lowest BCUT2D eigenvalue weighted by atomic mass is 10.1. The number of aromatic hydroxyl groups is 1. The fraction of sp³-hybridized carbons (Fsp3) is 0.217. The first-order valence-corrected chi connectivity index (χ1v) is 9.42. The number of benzene rings is 2. The first kappa shape index (κ1) is 20.8. The number of pyridine rings is 1. The molecule has 0 aliphatic rings. The van der Waals surface area contributed by atoms with Crippen molar-refractivity contribution >= 4 is 11.4 Å². The molecule has 3 rings (SSSR count). The van der Waals surface area contributed by atoms with Crippen molar-refractivity contribution in [2.24, 2.45) is 10.2 Å². The first-order valence-electron chi connectivity index (χ1n) is 9.42. The van der Waals surface area contributed by atoms with E-state index in [0.29, 0.717) is 17.7 Å². The third-order valence-electron chi connectivity index (χ3n) is 4.82. The minimum atomic E-state index is -0.492. The van der Waals surface area contributed by atoms with Crippen LogP contribution in [0, 0.1) is 25.2 Å². The average Bonchev–Trinajstić information content (AvgIpc) is 2.74. The van der Waals surface area contributed by atoms with E-state index in [4.69, 9.17) is 4.74 Å². The topological polar surface area (TPSA) is 100.0 Å². The lowest BCUT2D eigenvalue weighted by Gasteiger charge is -2.13. The van der Waals surface area contributed by atoms with Gasteiger partial charge in [-0.15, -0.1) is 5.11 Å². The Morgan fingerprint density at radius 2 is 1.87 bits per heavy atom. The SMILES string of the molecule is COc1ccc(CCn2c(O)c(C#N)c(C)c(N=Nc3cccc(C)c3)c2=O)cc1. The van der Waals surface area contributed by atoms with Crippen molar-refractivity contribution in [2.75, 3.05) is 7.11 Å². The smallest absolute Gasteiger partial charge is 0.281 e. The maximum atomic E-state index is 13.0. The number of hydrogen-bond donors (Lipinski definition) is 1. The zero-order valence-corrected chi connectivity index (χ0v) is 17.1. The molecule has 1 N–H and O–H groups in total. The number of methoxy groups -OCH3 is 1. The summed E-state index contributed by atoms with van der Waals surface area (Å²) in [5, 5.41) is 28.3. The number of nitrogens with zero attached hydrogens (tertiary/aromatic N) is 4. The molecule has 2 aromatic carbocycles. The zero-order chi connectivity index (χ0) is 21.7. The van der Waals surface area contributed by atoms with Crippen molar-refractivity contribution < 1.29 is 9.84 Å². The Kier molecular flexibility index (Phi) is 6.28. The number of rotatable bonds is 6. The van der Waals surface area contributed by atoms with Gasteiger partial charge in [-0.05, 0) is 55.7 Å². The van der Waals surface area contributed by atoms with Gasteiger partial charge in [-0.3, -0.25) is 9.36 Å². The van der Waals surface area contributed by atoms with E-state index < -0.39 is 5.56 Å². The molecule has 7 heteroatoms. The van der Waals surface area contributed by atoms with Crippen LogP contribution in [0.15, 0.2) is 63.6 Å². The maximum Gasteiger partial charge on any atom is 0.281 e. The van der Waals surface area contributed by atoms with E-state index in [1.165, 1.54) is 4.57 Å². The number of aryl methyl sites for hydroxylation is 2. The number of nitriles is 1. The van der Waals surface area contributed by atoms with Crippen molar-refractivity contribution in [2.45, 2.75) is 26.8 Å². The number of hydrogen-bond acceptors (Lipinski definition) is 6. The minimum absolute atomic E-state index is 0.0162. The van der Waals surface area contributed by atoms with Gasteiger partial charge >= 0.3 is 0 Å². The van der Waals surface area contributed by atoms with Crippen molar-refractivity contribution in [1.82, 2.24) is 4.57 Å². The molecule has 30 heavy (non-hydrogen) atoms. The number of azo groups is 1. The highest BCUT2D eigenvalue weighted by atomic mass is 16.5. The normalized spacial score (nSPS) is 10.9. The van der Waals surface area contributed by atoms with Crippen LogP contribution in [0.25, 0.3) is 0 Å². The Labute approximate surface area is 174 Å². The molecule has 0 aliphatic carbocycles. The monoisotopic (exact) mass is 402 g/mol. The summed E-state index contributed by atoms with van der Waals surface area (Å²) in [6.45, 7) is 3.71. The van der Waals surface area contributed by atoms with Crippen LogP contribution >= 0.6 is 0 Å². The molecule has 0 saturated heterocycles. The molecule has 1 heterocycles. The average molecular weight is 402 g/mol. The summed E-state index contributed by atoms with van der Waals surface area (Å²) in [6, 6.07) is 16.8. The van der Waals surface area contributed by atoms with Gasteiger partial charge in [0.25, 0.3) is 5.56 Å². The molecule has 0 aliphatic heterocycles. The first-order chi connectivity index (χ1) is 14.4. The van der Waals surface area contributed by atoms with Crippen molar-refractivity contribution in [1.29, 1.82) is 5.26 Å². The molecular formula is C23H22N4O3. The second-order valence-corrected chi connectivity index (χ2v) is 6.88. The van der Waals surface area contributed by atoms with Gasteiger partial charge in [-0.1, -0.05) is 24.3 Å². The molecule has 0 bridgehead atoms. The van der Waals surface area contributed by atoms with Crippen molar-refractivity contribution in [3.05, 3.63) is 81.1 Å². The molecule has 0 atom stereocenters. The van der Waals surface area contributed by atoms with Gasteiger partial charge in [0.15, 0.2) is 5.69 Å². The Balaban J connectivity index is 1.97. The molecular weight excluding hydrogens is 380 g/mol. The molecule has 0 unspecified atom stereocenters. The van der Waals surface area contributed by atoms with Gasteiger partial charge in [-0.2, -0.15) is 10.4 Å². The van der Waals surface area contributed by atoms with Crippen LogP contribution < -0.4 is 10.3 Å². The van der Waals surface area contributed by atoms with Crippen molar-refractivity contribution in [3.63, 3.8) is 0 Å². The van der Waals surface area contributed by atoms with E-state index in [-0.39, 0.29) is 23.7 Å². The molecule has 0 fully saturated rings. The predicted molar refractivity (Wildman–Crippen MR) is 114 cm³/mol. The van der Waals surface area contributed by atoms with Gasteiger partial charge in [0.1, 0.15) is 17.4 Å². The number of aromatic nitrogens is 1. The van der Waals surface area contributed by atoms with E-state index in [0.717, 1.165) is 16.9 Å². The minimum Gasteiger partial charge on any atom is -0.497 e. The van der Waals surface area contributed by atoms with Crippen LogP contribution in [-0.4, -0.2) is 16.8 Å². The summed E-state index contributed by atoms with van der Waals surface area (Å²) in [7, 11) is 1.59. The Morgan fingerprint density at radius 1 is 1.13 bits per heavy atom. The van der Waals surface area contributed by atoms with Crippen LogP contribution in [0.1, 0.15) is 22.3 Å². The molecule has 0 radical (unpaired) electrons. The molecule has 0 spiro atoms. The second-order valence-electron chi connectivity index (χ2n) is 6.88. The molecule has 3 aromatic rings. The van der Waals surface area contributed by atoms with Gasteiger partial charge in [0, 0.05) is 12.1 Å². The van der Waals surface area contributed by atoms with E-state index in [1.807, 2.05) is 55.5 Å². The lowest BCUT2D eigenvalue weighted by Crippen LogP contribution is -2.22. The Bertz CT molecular complexity index is 1190. The summed E-state index contributed by atoms with van der Waals surface area (Å²) in [5.41, 5.74) is 2.45. The molecule has 0 saturated carbocycles. The maximum absolute atomic E-state index is 13.0. The molecule has 0 amide bonds. The fourth-order valence-corrected chi connectivity index (χ4v) is 3.10. The fourth-order valence-electron chi connectivity index (χ4n) is 3.10. The van der Waals surface area contributed by atoms with E-state index in [2.05, 4.69) is 10.2 Å². The summed E-state index contributed by atoms with van der Waals surface area (Å²) in [6.07, 6.45) is 0.486. The summed E-state index contributed by atoms with van der Waals surface area (Å²) < 4.78 is 6.31. The molecule has 7 nitrogen and oxygen atoms in total. The van der Waals surface area contributed by atoms with Crippen LogP contribution in [0.5, 0.6) is 11.6 Å². The summed E-state index contributed by atoms with van der Waals surface area (Å²) in [4.78, 5) is 13.0. The largest absolute Gasteiger partial charge is 0.497 e. The highest BCUT2D eigenvalue weighted by Gasteiger charge is 2.19. The molecule has 1 aromatic heterocycles. The Morgan fingerprint density at radius 3 is 2.50 bits per heavy atom. The third-order valence-corrected chi connectivity index (χ3v) is 4.82. The standard InChI is InChI=1S/C23H22N4O3/c1-15-5-4-6-18(13-15)25-26-21-16(2)20(14-24)22(28)27(23(21)29)12-11-17-7-9-19(30-3)10-8-17/h4-10,13,28H,11-12H2,1-3H3. The second kappa shape index (κ2) is 9.05. The highest BCUT2D eigenvalue weighted by molar-refractivity contribution is 5.56. The van der Waals surface area contributed by atoms with Crippen LogP contribution in [0.2, 0.25) is 0 Å². The van der Waals surface area contributed by atoms with E-state index in [1.54, 1.807) is 20.1 Å². The van der Waals surface area contributed by atoms with Gasteiger partial charge in [0.2, 0.25) is 5.88 Å². The van der Waals surface area contributed by atoms with Crippen LogP contribution in [-0.2, 0) is 13.0 Å². The predicted octanol–water partition coefficient (Wildman–Crippen LogP) is 4.71. The quantitative estimate of drug-likeness (QED) is 0.604. The van der Waals surface area contributed by atoms with E-state index >= 15 is 0 Å². The van der Waals surface area contributed by atoms with Crippen LogP contribution in [0.4, 0.5) is 11.4 Å². The molecule has 152 valence electrons. The van der Waals surface area contributed by atoms with Gasteiger partial charge in [0.05, 0.1) is 12.8 Å². The zero-order valence-electron chi connectivity index (χ0n) is 17.1. The van der Waals surface area contributed by atoms with Crippen molar-refractivity contribution in [3.8, 4) is 17.7 Å². The van der Waals surface area contributed by atoms with E-state index in [9.17, 15) is 15.2 Å². The van der Waals surface area contributed by atoms with Crippen LogP contribution in [0.3, 0.4) is 0 Å². The summed E-state index contributed by atoms with van der Waals surface area (Å²) in [5.74, 6) is 0.378. The van der Waals surface area contributed by atoms with Gasteiger partial charge < -0.3 is 9.84 Å². The lowest BCUT2D eigenvalue weighted by molar-refractivity contribution is 0.403. The highest BCUT2D eigenvalue weighted by Crippen LogP contribution is 2.27. The number of ether oxygens (including phenoxy) is 1. The Hall–Kier alpha value is -3.92. The third kappa shape index (κ3) is 4.39.